The maximum absolute atomic E-state index is 11.9. The Morgan fingerprint density at radius 3 is 1.12 bits per heavy atom. The number of carboxylic acids is 4. The van der Waals surface area contributed by atoms with Crippen LogP contribution in [0.25, 0.3) is 6.08 Å². The van der Waals surface area contributed by atoms with E-state index in [1.165, 1.54) is 21.5 Å². The van der Waals surface area contributed by atoms with Crippen LogP contribution in [0.15, 0.2) is 243 Å². The normalized spacial score (nSPS) is 12.3. The number of carbonyl (C=O) groups excluding carboxylic acids is 7. The van der Waals surface area contributed by atoms with Crippen molar-refractivity contribution >= 4 is 110 Å². The van der Waals surface area contributed by atoms with Crippen molar-refractivity contribution in [2.45, 2.75) is 206 Å². The molecular formula is C115H138Br2LiO25P. The van der Waals surface area contributed by atoms with Gasteiger partial charge < -0.3 is 85.9 Å². The summed E-state index contributed by atoms with van der Waals surface area (Å²) < 4.78 is 40.9. The summed E-state index contributed by atoms with van der Waals surface area (Å²) in [6.07, 6.45) is 27.3. The molecule has 0 amide bonds. The number of ketones is 4. The summed E-state index contributed by atoms with van der Waals surface area (Å²) >= 11 is 3.22. The third-order valence-electron chi connectivity index (χ3n) is 22.8. The molecule has 0 bridgehead atoms. The average molecular weight is 2120 g/mol. The number of aryl methyl sites for hydroxylation is 5. The number of hydrogen-bond acceptors (Lipinski definition) is 21. The summed E-state index contributed by atoms with van der Waals surface area (Å²) in [5, 5.41) is 48.6. The number of aldehydes is 1. The van der Waals surface area contributed by atoms with Gasteiger partial charge in [-0.1, -0.05) is 119 Å². The van der Waals surface area contributed by atoms with E-state index >= 15 is 0 Å². The number of ether oxygens (including phenoxy) is 8. The molecule has 0 saturated heterocycles. The Balaban J connectivity index is 0.000000421. The fourth-order valence-corrected chi connectivity index (χ4v) is 20.2. The molecule has 0 aromatic heterocycles. The Bertz CT molecular complexity index is 5470. The summed E-state index contributed by atoms with van der Waals surface area (Å²) in [5.41, 5.74) is 10.5. The molecule has 144 heavy (non-hydrogen) atoms. The fraction of sp³-hybridized carbons (Fsp3) is 0.365. The van der Waals surface area contributed by atoms with Gasteiger partial charge in [0.05, 0.1) is 61.0 Å². The van der Waals surface area contributed by atoms with E-state index in [0.717, 1.165) is 199 Å². The first-order chi connectivity index (χ1) is 68.3. The van der Waals surface area contributed by atoms with Gasteiger partial charge in [-0.3, -0.25) is 52.7 Å². The summed E-state index contributed by atoms with van der Waals surface area (Å²) in [6.45, 7) is 5.38. The van der Waals surface area contributed by atoms with Gasteiger partial charge in [-0.05, 0) is 321 Å². The standard InChI is InChI=1S/C22H21O2P.C17H22O4.C15H18O4.C12H16O3.C12H14O3.C12H14O2.C11H12O2.C8H8O2.C6H11BrO2.BrH.Li.H2O/c23-22(24)17-10-18-25(19-11-4-1-5-12-19,20-13-6-2-7-14-20)21-15-8-3-9-16-21;1-2-20-17(19)8-5-11-21-14-9-10-15-13(12-14)6-3-4-7-16(15)18;16-14-5-2-1-4-11-10-12(7-8-13(11)14)19-9-3-6-15(17)18;2*1-15-11-7-4-6-10(9-11)5-2-3-8-12(13)14;1-14-10-6-7-11-9(8-10)4-2-3-5-12(11)13;12-9-5-6-10-8(7-9)3-1-2-4-11(10)13;1-10-8-4-2-3-7(5-8)6-9;1-2-9-6(8)4-3-5-7;;;/h1-9,11-16H,10,17-18H2;9-10,12H,2-8,11H2,1H3;7-8,10H,1-6,9H2,(H,17,18);4,6-7,9H,2-3,5,8H2,1H3,(H,13,14);2,4-7,9H,3,8H2,1H3,(H,13,14);6-8H,2-5H2,1H3;5-7,12H,1-4H2;2-6H,1H3;2-5H2,1H3;1H;;1H2/q;;;;;;;;;;+1;/p-1/b;;;;5-2+;;;;;;;. The number of unbranched alkanes of at least 4 members (excludes halogenated alkanes) is 1. The third kappa shape index (κ3) is 48.4. The summed E-state index contributed by atoms with van der Waals surface area (Å²) in [6, 6.07) is 76.1. The number of benzene rings is 10. The first-order valence-electron chi connectivity index (χ1n) is 48.3. The summed E-state index contributed by atoms with van der Waals surface area (Å²) in [5.74, 6) is 2.58. The van der Waals surface area contributed by atoms with E-state index in [0.29, 0.717) is 102 Å². The van der Waals surface area contributed by atoms with Crippen molar-refractivity contribution in [3.8, 4) is 40.2 Å². The molecule has 0 fully saturated rings. The van der Waals surface area contributed by atoms with Crippen LogP contribution in [-0.2, 0) is 70.3 Å². The van der Waals surface area contributed by atoms with Gasteiger partial charge in [0, 0.05) is 97.4 Å². The number of aliphatic carboxylic acids is 4. The second-order valence-electron chi connectivity index (χ2n) is 33.2. The number of fused-ring (bicyclic) bond motifs is 4. The first-order valence-corrected chi connectivity index (χ1v) is 51.4. The number of carbonyl (C=O) groups is 11. The molecule has 29 heteroatoms. The number of methoxy groups -OCH3 is 4. The molecule has 25 nitrogen and oxygen atoms in total. The van der Waals surface area contributed by atoms with Crippen molar-refractivity contribution in [2.24, 2.45) is 0 Å². The third-order valence-corrected chi connectivity index (χ3v) is 27.8. The number of rotatable bonds is 36. The fourth-order valence-electron chi connectivity index (χ4n) is 15.6. The predicted molar refractivity (Wildman–Crippen MR) is 559 cm³/mol. The van der Waals surface area contributed by atoms with Gasteiger partial charge in [-0.25, -0.2) is 0 Å². The van der Waals surface area contributed by atoms with Crippen molar-refractivity contribution < 1.29 is 157 Å². The molecule has 14 rings (SSSR count). The molecule has 0 aliphatic heterocycles. The summed E-state index contributed by atoms with van der Waals surface area (Å²) in [7, 11) is 4.61. The first kappa shape index (κ1) is 126. The van der Waals surface area contributed by atoms with Crippen molar-refractivity contribution in [3.05, 3.63) is 304 Å². The topological polar surface area (TPSA) is 393 Å². The number of hydrogen-bond donors (Lipinski definition) is 5. The predicted octanol–water partition coefficient (Wildman–Crippen LogP) is 17.0. The van der Waals surface area contributed by atoms with Crippen LogP contribution in [0, 0.1) is 0 Å². The van der Waals surface area contributed by atoms with Crippen LogP contribution < -0.4 is 80.2 Å². The Kier molecular flexibility index (Phi) is 64.4. The van der Waals surface area contributed by atoms with Crippen LogP contribution in [0.1, 0.15) is 260 Å². The van der Waals surface area contributed by atoms with Crippen molar-refractivity contribution in [3.63, 3.8) is 0 Å². The van der Waals surface area contributed by atoms with E-state index in [4.69, 9.17) is 53.6 Å². The van der Waals surface area contributed by atoms with Gasteiger partial charge in [0.15, 0.2) is 23.1 Å². The molecule has 0 spiro atoms. The number of phenols is 1. The van der Waals surface area contributed by atoms with E-state index in [1.807, 2.05) is 134 Å². The zero-order valence-corrected chi connectivity index (χ0v) is 87.9. The minimum absolute atomic E-state index is 0. The van der Waals surface area contributed by atoms with E-state index in [2.05, 4.69) is 93.5 Å². The molecule has 10 aromatic rings. The molecule has 0 unspecified atom stereocenters. The second kappa shape index (κ2) is 73.7. The largest absolute Gasteiger partial charge is 1.00 e. The Labute approximate surface area is 878 Å². The van der Waals surface area contributed by atoms with Crippen LogP contribution in [0.2, 0.25) is 0 Å². The molecule has 4 aliphatic carbocycles. The summed E-state index contributed by atoms with van der Waals surface area (Å²) in [4.78, 5) is 121. The Morgan fingerprint density at radius 2 is 0.715 bits per heavy atom. The molecule has 0 heterocycles. The number of phenolic OH excluding ortho intramolecular Hbond substituents is 1. The number of alkyl halides is 1. The van der Waals surface area contributed by atoms with Crippen LogP contribution in [0.4, 0.5) is 0 Å². The minimum Gasteiger partial charge on any atom is -1.00 e. The van der Waals surface area contributed by atoms with Crippen LogP contribution >= 0.6 is 23.2 Å². The number of esters is 2. The molecular weight excluding hydrogens is 1980 g/mol. The van der Waals surface area contributed by atoms with Gasteiger partial charge >= 0.3 is 54.7 Å². The van der Waals surface area contributed by atoms with Crippen molar-refractivity contribution in [1.29, 1.82) is 0 Å². The number of allylic oxidation sites excluding steroid dienone is 1. The molecule has 0 radical (unpaired) electrons. The molecule has 10 aromatic carbocycles. The monoisotopic (exact) mass is 2110 g/mol. The Morgan fingerprint density at radius 1 is 0.368 bits per heavy atom. The van der Waals surface area contributed by atoms with Crippen molar-refractivity contribution in [2.75, 3.05) is 66.4 Å². The second-order valence-corrected chi connectivity index (χ2v) is 37.6. The van der Waals surface area contributed by atoms with Gasteiger partial charge in [0.1, 0.15) is 69.7 Å². The SMILES string of the molecule is CCOC(=O)CCCBr.CCOC(=O)CCCOc1ccc2c(c1)CCCCC2=O.COc1ccc2c(c1)CCCCC2=O.COc1cccc(/C=C/CCC(=O)O)c1.COc1cccc(C=O)c1.COc1cccc(CCCCC(=O)O)c1.O=C(O)CCCOc1ccc2c(c1)CCCCC2=O.O=C(O)CCC[P+](c1ccccc1)(c1ccccc1)c1ccccc1.O=C1CCCCc2cc(O)ccc21.[Br-].[Li+].[OH-]. The molecule has 768 valence electrons. The van der Waals surface area contributed by atoms with Gasteiger partial charge in [-0.15, -0.1) is 0 Å². The zero-order valence-electron chi connectivity index (χ0n) is 83.8. The smallest absolute Gasteiger partial charge is 1.00 e. The van der Waals surface area contributed by atoms with Gasteiger partial charge in [0.2, 0.25) is 0 Å². The molecule has 4 aliphatic rings. The van der Waals surface area contributed by atoms with E-state index in [-0.39, 0.29) is 108 Å². The van der Waals surface area contributed by atoms with E-state index in [9.17, 15) is 57.8 Å². The van der Waals surface area contributed by atoms with Crippen LogP contribution in [0.3, 0.4) is 0 Å². The zero-order chi connectivity index (χ0) is 102. The average Bonchev–Trinajstić information content (AvgIpc) is 0.808. The number of Topliss-reactive ketones (excluding diaryl/α,β-unsaturated/α-hetero) is 4. The quantitative estimate of drug-likeness (QED) is 0.00463. The molecule has 0 atom stereocenters. The van der Waals surface area contributed by atoms with Gasteiger partial charge in [-0.2, -0.15) is 0 Å². The van der Waals surface area contributed by atoms with E-state index < -0.39 is 31.1 Å². The number of carboxylic acid groups (broad SMARTS) is 4. The molecule has 6 N–H and O–H groups in total. The van der Waals surface area contributed by atoms with Crippen molar-refractivity contribution in [1.82, 2.24) is 0 Å². The maximum Gasteiger partial charge on any atom is 1.00 e. The molecule has 0 saturated carbocycles. The number of aromatic hydroxyl groups is 1. The number of halogens is 2. The van der Waals surface area contributed by atoms with Gasteiger partial charge in [0.25, 0.3) is 0 Å². The maximum atomic E-state index is 11.9. The van der Waals surface area contributed by atoms with Crippen LogP contribution in [0.5, 0.6) is 40.2 Å². The minimum atomic E-state index is -1.87. The van der Waals surface area contributed by atoms with E-state index in [1.54, 1.807) is 83.9 Å². The Hall–Kier alpha value is -12.3. The van der Waals surface area contributed by atoms with Crippen LogP contribution in [-0.4, -0.2) is 163 Å².